The zero-order chi connectivity index (χ0) is 15.0. The van der Waals surface area contributed by atoms with Gasteiger partial charge >= 0.3 is 0 Å². The lowest BCUT2D eigenvalue weighted by atomic mass is 10.0. The van der Waals surface area contributed by atoms with Gasteiger partial charge in [-0.3, -0.25) is 0 Å². The summed E-state index contributed by atoms with van der Waals surface area (Å²) in [6, 6.07) is 0. The van der Waals surface area contributed by atoms with Gasteiger partial charge < -0.3 is 0 Å². The van der Waals surface area contributed by atoms with Gasteiger partial charge in [-0.2, -0.15) is 0 Å². The number of halogens is 5. The van der Waals surface area contributed by atoms with E-state index in [1.807, 2.05) is 27.7 Å². The zero-order valence-electron chi connectivity index (χ0n) is 11.5. The van der Waals surface area contributed by atoms with Gasteiger partial charge in [0.15, 0.2) is 23.3 Å². The van der Waals surface area contributed by atoms with Crippen molar-refractivity contribution in [2.24, 2.45) is 0 Å². The minimum Gasteiger partial charge on any atom is -0.203 e. The molecule has 0 saturated heterocycles. The van der Waals surface area contributed by atoms with Crippen LogP contribution in [0.5, 0.6) is 0 Å². The fourth-order valence-corrected chi connectivity index (χ4v) is 1.13. The highest BCUT2D eigenvalue weighted by Gasteiger charge is 2.26. The van der Waals surface area contributed by atoms with Crippen LogP contribution in [-0.2, 0) is 0 Å². The van der Waals surface area contributed by atoms with Crippen molar-refractivity contribution < 1.29 is 22.0 Å². The van der Waals surface area contributed by atoms with E-state index in [1.54, 1.807) is 0 Å². The zero-order valence-corrected chi connectivity index (χ0v) is 11.5. The first-order chi connectivity index (χ1) is 8.37. The second-order valence-electron chi connectivity index (χ2n) is 3.14. The molecule has 0 N–H and O–H groups in total. The summed E-state index contributed by atoms with van der Waals surface area (Å²) in [6.45, 7) is 10.7. The van der Waals surface area contributed by atoms with Crippen molar-refractivity contribution in [2.45, 2.75) is 47.5 Å². The van der Waals surface area contributed by atoms with E-state index in [2.05, 4.69) is 0 Å². The molecular weight excluding hydrogens is 251 g/mol. The Morgan fingerprint density at radius 1 is 0.556 bits per heavy atom. The second kappa shape index (κ2) is 8.89. The van der Waals surface area contributed by atoms with Crippen LogP contribution in [0.25, 0.3) is 0 Å². The molecule has 0 radical (unpaired) electrons. The molecule has 0 aliphatic carbocycles. The van der Waals surface area contributed by atoms with Crippen molar-refractivity contribution >= 4 is 0 Å². The Balaban J connectivity index is 0. The molecule has 0 unspecified atom stereocenters. The summed E-state index contributed by atoms with van der Waals surface area (Å²) in [6.07, 6.45) is 0. The average molecular weight is 270 g/mol. The molecule has 0 aliphatic heterocycles. The Hall–Kier alpha value is -1.13. The maximum atomic E-state index is 12.9. The molecule has 0 bridgehead atoms. The van der Waals surface area contributed by atoms with E-state index in [1.165, 1.54) is 13.8 Å². The highest BCUT2D eigenvalue weighted by Crippen LogP contribution is 2.28. The molecule has 0 amide bonds. The van der Waals surface area contributed by atoms with Crippen LogP contribution in [0.3, 0.4) is 0 Å². The van der Waals surface area contributed by atoms with Crippen molar-refractivity contribution in [3.63, 3.8) is 0 Å². The molecule has 0 fully saturated rings. The van der Waals surface area contributed by atoms with E-state index in [-0.39, 0.29) is 0 Å². The van der Waals surface area contributed by atoms with Crippen LogP contribution < -0.4 is 0 Å². The number of hydrogen-bond acceptors (Lipinski definition) is 0. The standard InChI is InChI=1S/C9H7F5.2C2H6/c1-3(2)4-5(10)7(12)9(14)8(13)6(4)11;2*1-2/h3H,1-2H3;2*1-2H3. The quantitative estimate of drug-likeness (QED) is 0.356. The number of benzene rings is 1. The van der Waals surface area contributed by atoms with E-state index in [4.69, 9.17) is 0 Å². The first kappa shape index (κ1) is 19.2. The van der Waals surface area contributed by atoms with Gasteiger partial charge in [-0.05, 0) is 5.92 Å². The Kier molecular flexibility index (Phi) is 9.49. The summed E-state index contributed by atoms with van der Waals surface area (Å²) >= 11 is 0. The fourth-order valence-electron chi connectivity index (χ4n) is 1.13. The van der Waals surface area contributed by atoms with Gasteiger partial charge in [-0.25, -0.2) is 22.0 Å². The molecule has 18 heavy (non-hydrogen) atoms. The number of hydrogen-bond donors (Lipinski definition) is 0. The lowest BCUT2D eigenvalue weighted by Gasteiger charge is -2.10. The maximum absolute atomic E-state index is 12.9. The van der Waals surface area contributed by atoms with Crippen LogP contribution in [0.4, 0.5) is 22.0 Å². The van der Waals surface area contributed by atoms with Crippen LogP contribution >= 0.6 is 0 Å². The normalized spacial score (nSPS) is 9.33. The molecule has 1 rings (SSSR count). The molecule has 0 nitrogen and oxygen atoms in total. The monoisotopic (exact) mass is 270 g/mol. The molecule has 106 valence electrons. The molecule has 1 aromatic rings. The third kappa shape index (κ3) is 3.96. The van der Waals surface area contributed by atoms with Crippen LogP contribution in [0.2, 0.25) is 0 Å². The molecule has 5 heteroatoms. The predicted molar refractivity (Wildman–Crippen MR) is 63.0 cm³/mol. The van der Waals surface area contributed by atoms with Crippen LogP contribution in [0.15, 0.2) is 0 Å². The Bertz CT molecular complexity index is 343. The lowest BCUT2D eigenvalue weighted by molar-refractivity contribution is 0.366. The largest absolute Gasteiger partial charge is 0.203 e. The topological polar surface area (TPSA) is 0 Å². The molecule has 0 atom stereocenters. The van der Waals surface area contributed by atoms with E-state index >= 15 is 0 Å². The predicted octanol–water partition coefficient (Wildman–Crippen LogP) is 5.56. The van der Waals surface area contributed by atoms with Crippen molar-refractivity contribution in [1.29, 1.82) is 0 Å². The highest BCUT2D eigenvalue weighted by atomic mass is 19.2. The van der Waals surface area contributed by atoms with Crippen LogP contribution in [-0.4, -0.2) is 0 Å². The molecular formula is C13H19F5. The molecule has 0 spiro atoms. The molecule has 0 aliphatic rings. The summed E-state index contributed by atoms with van der Waals surface area (Å²) in [5.74, 6) is -10.2. The van der Waals surface area contributed by atoms with Crippen LogP contribution in [0.1, 0.15) is 53.0 Å². The van der Waals surface area contributed by atoms with Gasteiger partial charge in [0.2, 0.25) is 5.82 Å². The van der Waals surface area contributed by atoms with Gasteiger partial charge in [0.1, 0.15) is 0 Å². The van der Waals surface area contributed by atoms with Crippen molar-refractivity contribution in [3.05, 3.63) is 34.6 Å². The highest BCUT2D eigenvalue weighted by molar-refractivity contribution is 5.26. The van der Waals surface area contributed by atoms with E-state index in [9.17, 15) is 22.0 Å². The summed E-state index contributed by atoms with van der Waals surface area (Å²) in [5.41, 5.74) is -0.776. The van der Waals surface area contributed by atoms with E-state index in [0.29, 0.717) is 0 Å². The van der Waals surface area contributed by atoms with Gasteiger partial charge in [-0.1, -0.05) is 41.5 Å². The average Bonchev–Trinajstić information content (AvgIpc) is 2.38. The second-order valence-corrected chi connectivity index (χ2v) is 3.14. The molecule has 1 aromatic carbocycles. The number of rotatable bonds is 1. The Morgan fingerprint density at radius 3 is 1.00 bits per heavy atom. The smallest absolute Gasteiger partial charge is 0.200 e. The fraction of sp³-hybridized carbons (Fsp3) is 0.538. The van der Waals surface area contributed by atoms with Gasteiger partial charge in [0, 0.05) is 5.56 Å². The summed E-state index contributed by atoms with van der Waals surface area (Å²) in [4.78, 5) is 0. The third-order valence-corrected chi connectivity index (χ3v) is 1.82. The van der Waals surface area contributed by atoms with Crippen molar-refractivity contribution in [3.8, 4) is 0 Å². The molecule has 0 heterocycles. The van der Waals surface area contributed by atoms with E-state index in [0.717, 1.165) is 0 Å². The third-order valence-electron chi connectivity index (χ3n) is 1.82. The lowest BCUT2D eigenvalue weighted by Crippen LogP contribution is -2.08. The molecule has 0 aromatic heterocycles. The summed E-state index contributed by atoms with van der Waals surface area (Å²) < 4.78 is 63.6. The summed E-state index contributed by atoms with van der Waals surface area (Å²) in [7, 11) is 0. The first-order valence-corrected chi connectivity index (χ1v) is 5.89. The van der Waals surface area contributed by atoms with Crippen molar-refractivity contribution in [1.82, 2.24) is 0 Å². The minimum atomic E-state index is -2.12. The van der Waals surface area contributed by atoms with Gasteiger partial charge in [0.05, 0.1) is 0 Å². The Labute approximate surface area is 105 Å². The Morgan fingerprint density at radius 2 is 0.778 bits per heavy atom. The summed E-state index contributed by atoms with van der Waals surface area (Å²) in [5, 5.41) is 0. The molecule has 0 saturated carbocycles. The van der Waals surface area contributed by atoms with Gasteiger partial charge in [-0.15, -0.1) is 0 Å². The minimum absolute atomic E-state index is 0.764. The van der Waals surface area contributed by atoms with Crippen LogP contribution in [0, 0.1) is 29.1 Å². The van der Waals surface area contributed by atoms with Gasteiger partial charge in [0.25, 0.3) is 0 Å². The van der Waals surface area contributed by atoms with Crippen molar-refractivity contribution in [2.75, 3.05) is 0 Å². The SMILES string of the molecule is CC.CC.CC(C)c1c(F)c(F)c(F)c(F)c1F. The van der Waals surface area contributed by atoms with E-state index < -0.39 is 40.6 Å². The first-order valence-electron chi connectivity index (χ1n) is 5.89. The maximum Gasteiger partial charge on any atom is 0.200 e.